The number of piperidine rings is 1. The molecule has 3 aliphatic heterocycles. The monoisotopic (exact) mass is 439 g/mol. The number of epoxide rings is 1. The third-order valence-corrected chi connectivity index (χ3v) is 9.70. The number of carbonyl (C=O) groups excluding carboxylic acids is 1. The Kier molecular flexibility index (Phi) is 4.98. The lowest BCUT2D eigenvalue weighted by Gasteiger charge is -2.51. The van der Waals surface area contributed by atoms with Crippen LogP contribution in [0.1, 0.15) is 57.4 Å². The number of hydrogen-bond donors (Lipinski definition) is 1. The van der Waals surface area contributed by atoms with Gasteiger partial charge in [0, 0.05) is 32.0 Å². The predicted octanol–water partition coefficient (Wildman–Crippen LogP) is 3.58. The van der Waals surface area contributed by atoms with Gasteiger partial charge in [0.05, 0.1) is 23.7 Å². The minimum atomic E-state index is -0.638. The van der Waals surface area contributed by atoms with Gasteiger partial charge in [0.25, 0.3) is 0 Å². The van der Waals surface area contributed by atoms with Gasteiger partial charge >= 0.3 is 5.97 Å². The summed E-state index contributed by atoms with van der Waals surface area (Å²) in [5.41, 5.74) is 0.915. The predicted molar refractivity (Wildman–Crippen MR) is 121 cm³/mol. The van der Waals surface area contributed by atoms with E-state index in [1.54, 1.807) is 0 Å². The molecule has 0 aromatic heterocycles. The Morgan fingerprint density at radius 2 is 1.88 bits per heavy atom. The van der Waals surface area contributed by atoms with E-state index in [0.29, 0.717) is 18.3 Å². The fourth-order valence-electron chi connectivity index (χ4n) is 7.75. The van der Waals surface area contributed by atoms with Crippen LogP contribution in [-0.2, 0) is 20.7 Å². The third-order valence-electron chi connectivity index (χ3n) is 9.70. The molecular weight excluding hydrogens is 402 g/mol. The van der Waals surface area contributed by atoms with Crippen LogP contribution in [0.4, 0.5) is 0 Å². The van der Waals surface area contributed by atoms with Gasteiger partial charge < -0.3 is 19.5 Å². The molecule has 5 fully saturated rings. The summed E-state index contributed by atoms with van der Waals surface area (Å²) in [6.07, 6.45) is 8.06. The molecule has 3 saturated heterocycles. The van der Waals surface area contributed by atoms with E-state index in [-0.39, 0.29) is 29.0 Å². The highest BCUT2D eigenvalue weighted by Crippen LogP contribution is 2.62. The molecule has 1 aromatic rings. The van der Waals surface area contributed by atoms with E-state index in [0.717, 1.165) is 51.9 Å². The first kappa shape index (κ1) is 21.1. The van der Waals surface area contributed by atoms with E-state index in [1.807, 2.05) is 18.2 Å². The molecular formula is C27H37NO4. The minimum absolute atomic E-state index is 0.0122. The van der Waals surface area contributed by atoms with E-state index >= 15 is 0 Å². The summed E-state index contributed by atoms with van der Waals surface area (Å²) >= 11 is 0. The molecule has 0 radical (unpaired) electrons. The van der Waals surface area contributed by atoms with Crippen LogP contribution in [0.5, 0.6) is 0 Å². The van der Waals surface area contributed by atoms with Crippen molar-refractivity contribution in [2.24, 2.45) is 23.2 Å². The number of ether oxygens (including phenoxy) is 2. The molecule has 6 atom stereocenters. The SMILES string of the molecule is CC12CCCC3(CO3)C1CC1C(C2)OC(=O)C1CN1CCC(O)(Cc2ccccc2)CC1. The number of likely N-dealkylation sites (tertiary alicyclic amines) is 1. The summed E-state index contributed by atoms with van der Waals surface area (Å²) in [6, 6.07) is 10.3. The Morgan fingerprint density at radius 3 is 2.59 bits per heavy atom. The van der Waals surface area contributed by atoms with Crippen molar-refractivity contribution in [2.45, 2.75) is 75.6 Å². The first-order chi connectivity index (χ1) is 15.4. The van der Waals surface area contributed by atoms with E-state index in [4.69, 9.17) is 9.47 Å². The molecule has 32 heavy (non-hydrogen) atoms. The molecule has 0 amide bonds. The van der Waals surface area contributed by atoms with Crippen LogP contribution in [0, 0.1) is 23.2 Å². The average molecular weight is 440 g/mol. The van der Waals surface area contributed by atoms with E-state index in [9.17, 15) is 9.90 Å². The summed E-state index contributed by atoms with van der Waals surface area (Å²) in [5.74, 6) is 0.880. The summed E-state index contributed by atoms with van der Waals surface area (Å²) in [6.45, 7) is 5.79. The second-order valence-electron chi connectivity index (χ2n) is 11.8. The lowest BCUT2D eigenvalue weighted by Crippen LogP contribution is -2.52. The molecule has 6 unspecified atom stereocenters. The first-order valence-corrected chi connectivity index (χ1v) is 12.7. The van der Waals surface area contributed by atoms with Gasteiger partial charge in [0.15, 0.2) is 0 Å². The fraction of sp³-hybridized carbons (Fsp3) is 0.741. The van der Waals surface area contributed by atoms with Crippen LogP contribution in [0.25, 0.3) is 0 Å². The Balaban J connectivity index is 1.10. The Bertz CT molecular complexity index is 860. The zero-order chi connectivity index (χ0) is 22.0. The van der Waals surface area contributed by atoms with Crippen molar-refractivity contribution >= 4 is 5.97 Å². The number of rotatable bonds is 4. The molecule has 174 valence electrons. The number of fused-ring (bicyclic) bond motifs is 3. The molecule has 2 aliphatic carbocycles. The maximum Gasteiger partial charge on any atom is 0.310 e. The molecule has 5 aliphatic rings. The largest absolute Gasteiger partial charge is 0.462 e. The standard InChI is InChI=1S/C27H37NO4/c1-25-8-5-9-27(18-31-27)23(25)14-20-21(24(29)32-22(20)16-25)17-28-12-10-26(30,11-13-28)15-19-6-3-2-4-7-19/h2-4,6-7,20-23,30H,5,8-18H2,1H3. The van der Waals surface area contributed by atoms with Crippen molar-refractivity contribution < 1.29 is 19.4 Å². The van der Waals surface area contributed by atoms with Crippen LogP contribution in [-0.4, -0.2) is 59.5 Å². The maximum atomic E-state index is 12.9. The smallest absolute Gasteiger partial charge is 0.310 e. The lowest BCUT2D eigenvalue weighted by molar-refractivity contribution is -0.147. The third kappa shape index (κ3) is 3.61. The van der Waals surface area contributed by atoms with Gasteiger partial charge in [-0.05, 0) is 61.8 Å². The van der Waals surface area contributed by atoms with Gasteiger partial charge in [-0.2, -0.15) is 0 Å². The molecule has 5 nitrogen and oxygen atoms in total. The van der Waals surface area contributed by atoms with Crippen molar-refractivity contribution in [1.82, 2.24) is 4.90 Å². The average Bonchev–Trinajstić information content (AvgIpc) is 3.47. The van der Waals surface area contributed by atoms with Crippen molar-refractivity contribution in [3.05, 3.63) is 35.9 Å². The summed E-state index contributed by atoms with van der Waals surface area (Å²) < 4.78 is 12.0. The highest BCUT2D eigenvalue weighted by molar-refractivity contribution is 5.75. The van der Waals surface area contributed by atoms with Crippen LogP contribution in [0.2, 0.25) is 0 Å². The quantitative estimate of drug-likeness (QED) is 0.574. The van der Waals surface area contributed by atoms with Gasteiger partial charge in [0.1, 0.15) is 6.10 Å². The lowest BCUT2D eigenvalue weighted by atomic mass is 9.53. The van der Waals surface area contributed by atoms with Gasteiger partial charge in [-0.1, -0.05) is 37.3 Å². The van der Waals surface area contributed by atoms with Gasteiger partial charge in [0.2, 0.25) is 0 Å². The molecule has 6 rings (SSSR count). The summed E-state index contributed by atoms with van der Waals surface area (Å²) in [7, 11) is 0. The minimum Gasteiger partial charge on any atom is -0.462 e. The number of benzene rings is 1. The molecule has 2 saturated carbocycles. The Labute approximate surface area is 191 Å². The maximum absolute atomic E-state index is 12.9. The normalized spacial score (nSPS) is 42.9. The Morgan fingerprint density at radius 1 is 1.12 bits per heavy atom. The zero-order valence-corrected chi connectivity index (χ0v) is 19.3. The number of nitrogens with zero attached hydrogens (tertiary/aromatic N) is 1. The molecule has 3 heterocycles. The van der Waals surface area contributed by atoms with E-state index in [2.05, 4.69) is 24.0 Å². The highest BCUT2D eigenvalue weighted by atomic mass is 16.6. The van der Waals surface area contributed by atoms with Crippen LogP contribution < -0.4 is 0 Å². The molecule has 0 bridgehead atoms. The number of hydrogen-bond acceptors (Lipinski definition) is 5. The van der Waals surface area contributed by atoms with Gasteiger partial charge in [-0.3, -0.25) is 4.79 Å². The molecule has 5 heteroatoms. The van der Waals surface area contributed by atoms with Crippen molar-refractivity contribution in [2.75, 3.05) is 26.2 Å². The highest BCUT2D eigenvalue weighted by Gasteiger charge is 2.65. The summed E-state index contributed by atoms with van der Waals surface area (Å²) in [4.78, 5) is 15.3. The zero-order valence-electron chi connectivity index (χ0n) is 19.3. The topological polar surface area (TPSA) is 62.3 Å². The Hall–Kier alpha value is -1.43. The molecule has 1 spiro atoms. The van der Waals surface area contributed by atoms with Gasteiger partial charge in [-0.15, -0.1) is 0 Å². The molecule has 1 N–H and O–H groups in total. The van der Waals surface area contributed by atoms with Crippen molar-refractivity contribution in [3.63, 3.8) is 0 Å². The second-order valence-corrected chi connectivity index (χ2v) is 11.8. The van der Waals surface area contributed by atoms with Crippen LogP contribution in [0.3, 0.4) is 0 Å². The second kappa shape index (κ2) is 7.54. The van der Waals surface area contributed by atoms with Crippen molar-refractivity contribution in [1.29, 1.82) is 0 Å². The number of carbonyl (C=O) groups is 1. The van der Waals surface area contributed by atoms with Crippen LogP contribution in [0.15, 0.2) is 30.3 Å². The van der Waals surface area contributed by atoms with E-state index < -0.39 is 5.60 Å². The van der Waals surface area contributed by atoms with Crippen LogP contribution >= 0.6 is 0 Å². The fourth-order valence-corrected chi connectivity index (χ4v) is 7.75. The van der Waals surface area contributed by atoms with E-state index in [1.165, 1.54) is 24.8 Å². The molecule has 1 aromatic carbocycles. The van der Waals surface area contributed by atoms with Gasteiger partial charge in [-0.25, -0.2) is 0 Å². The van der Waals surface area contributed by atoms with Crippen molar-refractivity contribution in [3.8, 4) is 0 Å². The first-order valence-electron chi connectivity index (χ1n) is 12.7. The number of aliphatic hydroxyl groups is 1. The number of esters is 1. The summed E-state index contributed by atoms with van der Waals surface area (Å²) in [5, 5.41) is 11.1.